The lowest BCUT2D eigenvalue weighted by Gasteiger charge is -2.14. The van der Waals surface area contributed by atoms with Crippen LogP contribution >= 0.6 is 23.4 Å². The van der Waals surface area contributed by atoms with E-state index in [0.29, 0.717) is 38.1 Å². The molecule has 6 rings (SSSR count). The van der Waals surface area contributed by atoms with Gasteiger partial charge in [0.2, 0.25) is 0 Å². The van der Waals surface area contributed by atoms with Crippen LogP contribution in [0.4, 0.5) is 0 Å². The van der Waals surface area contributed by atoms with E-state index in [4.69, 9.17) is 21.0 Å². The molecule has 0 bridgehead atoms. The molecule has 0 fully saturated rings. The summed E-state index contributed by atoms with van der Waals surface area (Å²) in [4.78, 5) is 30.6. The number of hydrogen-bond donors (Lipinski definition) is 0. The molecule has 2 heterocycles. The predicted octanol–water partition coefficient (Wildman–Crippen LogP) is 6.59. The maximum absolute atomic E-state index is 13.5. The average molecular weight is 497 g/mol. The number of nitrogens with zero attached hydrogens (tertiary/aromatic N) is 2. The first-order chi connectivity index (χ1) is 17.1. The number of rotatable bonds is 4. The number of halogens is 1. The Morgan fingerprint density at radius 2 is 1.60 bits per heavy atom. The van der Waals surface area contributed by atoms with E-state index in [2.05, 4.69) is 0 Å². The fraction of sp³-hybridized carbons (Fsp3) is 0.0357. The van der Waals surface area contributed by atoms with Crippen molar-refractivity contribution in [3.63, 3.8) is 0 Å². The van der Waals surface area contributed by atoms with E-state index in [1.807, 2.05) is 54.6 Å². The predicted molar refractivity (Wildman–Crippen MR) is 142 cm³/mol. The van der Waals surface area contributed by atoms with Gasteiger partial charge in [-0.2, -0.15) is 0 Å². The van der Waals surface area contributed by atoms with Crippen LogP contribution in [0.25, 0.3) is 38.3 Å². The number of thioether (sulfide) groups is 1. The summed E-state index contributed by atoms with van der Waals surface area (Å²) in [6, 6.07) is 27.6. The van der Waals surface area contributed by atoms with Crippen LogP contribution in [-0.4, -0.2) is 9.55 Å². The highest BCUT2D eigenvalue weighted by atomic mass is 35.5. The molecular weight excluding hydrogens is 480 g/mol. The Labute approximate surface area is 208 Å². The Bertz CT molecular complexity index is 1860. The number of fused-ring (bicyclic) bond motifs is 4. The monoisotopic (exact) mass is 496 g/mol. The van der Waals surface area contributed by atoms with Crippen molar-refractivity contribution >= 4 is 56.0 Å². The van der Waals surface area contributed by atoms with Gasteiger partial charge in [-0.25, -0.2) is 9.78 Å². The topological polar surface area (TPSA) is 65.1 Å². The van der Waals surface area contributed by atoms with Gasteiger partial charge >= 0.3 is 5.63 Å². The number of aromatic nitrogens is 2. The maximum atomic E-state index is 13.5. The third-order valence-electron chi connectivity index (χ3n) is 5.90. The summed E-state index contributed by atoms with van der Waals surface area (Å²) in [6.45, 7) is 0. The van der Waals surface area contributed by atoms with Crippen molar-refractivity contribution in [2.45, 2.75) is 10.9 Å². The molecule has 0 aliphatic carbocycles. The van der Waals surface area contributed by atoms with Crippen molar-refractivity contribution in [2.24, 2.45) is 0 Å². The van der Waals surface area contributed by atoms with E-state index in [9.17, 15) is 9.59 Å². The number of benzene rings is 4. The van der Waals surface area contributed by atoms with Crippen molar-refractivity contribution in [3.05, 3.63) is 122 Å². The van der Waals surface area contributed by atoms with Gasteiger partial charge in [-0.15, -0.1) is 0 Å². The zero-order valence-corrected chi connectivity index (χ0v) is 19.8. The van der Waals surface area contributed by atoms with Crippen LogP contribution < -0.4 is 11.2 Å². The summed E-state index contributed by atoms with van der Waals surface area (Å²) in [7, 11) is 0. The number of para-hydroxylation sites is 1. The maximum Gasteiger partial charge on any atom is 0.336 e. The summed E-state index contributed by atoms with van der Waals surface area (Å²) >= 11 is 7.48. The first-order valence-electron chi connectivity index (χ1n) is 10.9. The molecule has 0 spiro atoms. The Balaban J connectivity index is 1.52. The zero-order valence-electron chi connectivity index (χ0n) is 18.3. The second-order valence-electron chi connectivity index (χ2n) is 8.07. The lowest BCUT2D eigenvalue weighted by molar-refractivity contribution is 0.560. The van der Waals surface area contributed by atoms with E-state index in [1.165, 1.54) is 17.8 Å². The smallest absolute Gasteiger partial charge is 0.336 e. The van der Waals surface area contributed by atoms with Crippen LogP contribution in [-0.2, 0) is 5.75 Å². The van der Waals surface area contributed by atoms with E-state index in [1.54, 1.807) is 34.9 Å². The standard InChI is InChI=1S/C28H17ClN2O3S/c29-19-10-12-20(13-11-19)31-27(33)22-7-3-4-8-23(22)30-28(31)35-16-18-15-25(32)34-24-14-9-17-5-1-2-6-21(17)26(18)24/h1-15H,16H2. The van der Waals surface area contributed by atoms with Crippen molar-refractivity contribution in [1.29, 1.82) is 0 Å². The second-order valence-corrected chi connectivity index (χ2v) is 9.45. The normalized spacial score (nSPS) is 11.5. The van der Waals surface area contributed by atoms with Gasteiger partial charge in [0.1, 0.15) is 5.58 Å². The summed E-state index contributed by atoms with van der Waals surface area (Å²) in [6.07, 6.45) is 0. The van der Waals surface area contributed by atoms with Gasteiger partial charge in [0.05, 0.1) is 16.6 Å². The third-order valence-corrected chi connectivity index (χ3v) is 7.14. The highest BCUT2D eigenvalue weighted by Gasteiger charge is 2.16. The minimum atomic E-state index is -0.412. The molecule has 4 aromatic carbocycles. The molecular formula is C28H17ClN2O3S. The zero-order chi connectivity index (χ0) is 23.9. The number of hydrogen-bond acceptors (Lipinski definition) is 5. The first-order valence-corrected chi connectivity index (χ1v) is 12.3. The SMILES string of the molecule is O=c1cc(CSc2nc3ccccc3c(=O)n2-c2ccc(Cl)cc2)c2c(ccc3ccccc32)o1. The molecule has 5 nitrogen and oxygen atoms in total. The molecule has 35 heavy (non-hydrogen) atoms. The van der Waals surface area contributed by atoms with Gasteiger partial charge in [0.25, 0.3) is 5.56 Å². The van der Waals surface area contributed by atoms with Gasteiger partial charge in [-0.1, -0.05) is 65.8 Å². The summed E-state index contributed by atoms with van der Waals surface area (Å²) in [5, 5.41) is 4.59. The van der Waals surface area contributed by atoms with Crippen molar-refractivity contribution in [1.82, 2.24) is 9.55 Å². The Morgan fingerprint density at radius 1 is 0.857 bits per heavy atom. The molecule has 170 valence electrons. The van der Waals surface area contributed by atoms with Gasteiger partial charge in [0.15, 0.2) is 5.16 Å². The van der Waals surface area contributed by atoms with Crippen molar-refractivity contribution < 1.29 is 4.42 Å². The highest BCUT2D eigenvalue weighted by molar-refractivity contribution is 7.98. The van der Waals surface area contributed by atoms with E-state index in [-0.39, 0.29) is 5.56 Å². The summed E-state index contributed by atoms with van der Waals surface area (Å²) < 4.78 is 7.09. The second kappa shape index (κ2) is 8.73. The van der Waals surface area contributed by atoms with Crippen LogP contribution in [0.5, 0.6) is 0 Å². The molecule has 0 aliphatic heterocycles. The molecule has 0 saturated heterocycles. The Kier molecular flexibility index (Phi) is 5.40. The van der Waals surface area contributed by atoms with Gasteiger partial charge in [-0.05, 0) is 58.8 Å². The quantitative estimate of drug-likeness (QED) is 0.119. The van der Waals surface area contributed by atoms with Crippen molar-refractivity contribution in [3.8, 4) is 5.69 Å². The van der Waals surface area contributed by atoms with Crippen LogP contribution in [0.1, 0.15) is 5.56 Å². The molecule has 0 N–H and O–H groups in total. The summed E-state index contributed by atoms with van der Waals surface area (Å²) in [5.41, 5.74) is 2.07. The average Bonchev–Trinajstić information content (AvgIpc) is 2.88. The van der Waals surface area contributed by atoms with Gasteiger partial charge < -0.3 is 4.42 Å². The molecule has 0 atom stereocenters. The van der Waals surface area contributed by atoms with E-state index in [0.717, 1.165) is 21.7 Å². The molecule has 2 aromatic heterocycles. The van der Waals surface area contributed by atoms with Crippen LogP contribution in [0.3, 0.4) is 0 Å². The minimum Gasteiger partial charge on any atom is -0.423 e. The first kappa shape index (κ1) is 21.6. The lowest BCUT2D eigenvalue weighted by atomic mass is 10.0. The van der Waals surface area contributed by atoms with Crippen LogP contribution in [0, 0.1) is 0 Å². The van der Waals surface area contributed by atoms with E-state index < -0.39 is 5.63 Å². The molecule has 0 unspecified atom stereocenters. The molecule has 0 radical (unpaired) electrons. The fourth-order valence-corrected chi connectivity index (χ4v) is 5.42. The molecule has 6 aromatic rings. The molecule has 7 heteroatoms. The largest absolute Gasteiger partial charge is 0.423 e. The lowest BCUT2D eigenvalue weighted by Crippen LogP contribution is -2.21. The van der Waals surface area contributed by atoms with E-state index >= 15 is 0 Å². The van der Waals surface area contributed by atoms with Gasteiger partial charge in [0, 0.05) is 22.2 Å². The highest BCUT2D eigenvalue weighted by Crippen LogP contribution is 2.32. The molecule has 0 amide bonds. The van der Waals surface area contributed by atoms with Crippen LogP contribution in [0.15, 0.2) is 110 Å². The van der Waals surface area contributed by atoms with Gasteiger partial charge in [-0.3, -0.25) is 9.36 Å². The molecule has 0 aliphatic rings. The third kappa shape index (κ3) is 3.91. The van der Waals surface area contributed by atoms with Crippen molar-refractivity contribution in [2.75, 3.05) is 0 Å². The molecule has 0 saturated carbocycles. The van der Waals surface area contributed by atoms with Crippen LogP contribution in [0.2, 0.25) is 5.02 Å². The fourth-order valence-electron chi connectivity index (χ4n) is 4.30. The Hall–Kier alpha value is -3.87. The minimum absolute atomic E-state index is 0.164. The Morgan fingerprint density at radius 3 is 2.43 bits per heavy atom. The summed E-state index contributed by atoms with van der Waals surface area (Å²) in [5.74, 6) is 0.425.